The Hall–Kier alpha value is -0.990. The van der Waals surface area contributed by atoms with E-state index in [1.807, 2.05) is 26.0 Å². The molecule has 3 heteroatoms. The Bertz CT molecular complexity index is 143. The molecule has 0 aliphatic heterocycles. The molecule has 1 atom stereocenters. The molecular weight excluding hydrogens is 142 g/mol. The average Bonchev–Trinajstić information content (AvgIpc) is 1.86. The number of hydrogen-bond acceptors (Lipinski definition) is 2. The fraction of sp³-hybridized carbons (Fsp3) is 0.625. The van der Waals surface area contributed by atoms with Crippen LogP contribution in [-0.4, -0.2) is 12.2 Å². The number of primary amides is 1. The van der Waals surface area contributed by atoms with Crippen molar-refractivity contribution in [1.29, 1.82) is 0 Å². The number of ether oxygens (including phenoxy) is 1. The molecular formula is C8H15NO2. The number of nitrogens with two attached hydrogens (primary N) is 1. The standard InChI is InChI=1S/C8H15NO2/c1-3-4-5-6-7(2)11-8(9)10/h3-4,7H,5-6H2,1-2H3,(H2,9,10)/b4-3+. The smallest absolute Gasteiger partial charge is 0.404 e. The normalized spacial score (nSPS) is 13.3. The Labute approximate surface area is 67.2 Å². The summed E-state index contributed by atoms with van der Waals surface area (Å²) >= 11 is 0. The lowest BCUT2D eigenvalue weighted by atomic mass is 10.2. The predicted molar refractivity (Wildman–Crippen MR) is 44.2 cm³/mol. The molecule has 0 aliphatic rings. The summed E-state index contributed by atoms with van der Waals surface area (Å²) in [5.41, 5.74) is 4.82. The number of allylic oxidation sites excluding steroid dienone is 2. The Morgan fingerprint density at radius 1 is 1.73 bits per heavy atom. The van der Waals surface area contributed by atoms with Crippen LogP contribution in [0.4, 0.5) is 4.79 Å². The monoisotopic (exact) mass is 157 g/mol. The van der Waals surface area contributed by atoms with Crippen LogP contribution in [-0.2, 0) is 4.74 Å². The van der Waals surface area contributed by atoms with Gasteiger partial charge in [0.05, 0.1) is 0 Å². The third-order valence-corrected chi connectivity index (χ3v) is 1.29. The number of carbonyl (C=O) groups excluding carboxylic acids is 1. The summed E-state index contributed by atoms with van der Waals surface area (Å²) in [6.07, 6.45) is 4.97. The van der Waals surface area contributed by atoms with E-state index >= 15 is 0 Å². The van der Waals surface area contributed by atoms with Gasteiger partial charge in [-0.2, -0.15) is 0 Å². The maximum atomic E-state index is 10.2. The van der Waals surface area contributed by atoms with Gasteiger partial charge in [-0.1, -0.05) is 12.2 Å². The van der Waals surface area contributed by atoms with E-state index in [2.05, 4.69) is 0 Å². The minimum atomic E-state index is -0.696. The van der Waals surface area contributed by atoms with Gasteiger partial charge in [0.15, 0.2) is 0 Å². The Morgan fingerprint density at radius 3 is 2.82 bits per heavy atom. The zero-order valence-corrected chi connectivity index (χ0v) is 7.04. The average molecular weight is 157 g/mol. The largest absolute Gasteiger partial charge is 0.447 e. The molecule has 0 saturated heterocycles. The van der Waals surface area contributed by atoms with Gasteiger partial charge in [-0.3, -0.25) is 0 Å². The highest BCUT2D eigenvalue weighted by Gasteiger charge is 2.02. The van der Waals surface area contributed by atoms with Gasteiger partial charge in [0.25, 0.3) is 0 Å². The summed E-state index contributed by atoms with van der Waals surface area (Å²) in [4.78, 5) is 10.2. The lowest BCUT2D eigenvalue weighted by Gasteiger charge is -2.08. The molecule has 0 saturated carbocycles. The van der Waals surface area contributed by atoms with Gasteiger partial charge >= 0.3 is 6.09 Å². The molecule has 1 unspecified atom stereocenters. The molecule has 0 aromatic rings. The molecule has 64 valence electrons. The maximum Gasteiger partial charge on any atom is 0.404 e. The summed E-state index contributed by atoms with van der Waals surface area (Å²) in [5, 5.41) is 0. The minimum absolute atomic E-state index is 0.0799. The second-order valence-corrected chi connectivity index (χ2v) is 2.39. The van der Waals surface area contributed by atoms with Crippen molar-refractivity contribution in [2.24, 2.45) is 5.73 Å². The maximum absolute atomic E-state index is 10.2. The summed E-state index contributed by atoms with van der Waals surface area (Å²) in [6.45, 7) is 3.79. The SMILES string of the molecule is C/C=C/CCC(C)OC(N)=O. The Morgan fingerprint density at radius 2 is 2.36 bits per heavy atom. The van der Waals surface area contributed by atoms with E-state index in [0.717, 1.165) is 12.8 Å². The zero-order chi connectivity index (χ0) is 8.69. The molecule has 11 heavy (non-hydrogen) atoms. The molecule has 0 aromatic heterocycles. The summed E-state index contributed by atoms with van der Waals surface area (Å²) in [5.74, 6) is 0. The van der Waals surface area contributed by atoms with Gasteiger partial charge in [0, 0.05) is 0 Å². The molecule has 0 heterocycles. The predicted octanol–water partition coefficient (Wildman–Crippen LogP) is 1.83. The van der Waals surface area contributed by atoms with Crippen LogP contribution in [0.15, 0.2) is 12.2 Å². The van der Waals surface area contributed by atoms with Crippen molar-refractivity contribution in [1.82, 2.24) is 0 Å². The first-order chi connectivity index (χ1) is 5.16. The van der Waals surface area contributed by atoms with E-state index in [1.54, 1.807) is 0 Å². The fourth-order valence-corrected chi connectivity index (χ4v) is 0.755. The van der Waals surface area contributed by atoms with Crippen molar-refractivity contribution in [2.45, 2.75) is 32.8 Å². The van der Waals surface area contributed by atoms with Gasteiger partial charge in [-0.05, 0) is 26.7 Å². The van der Waals surface area contributed by atoms with Crippen molar-refractivity contribution in [3.8, 4) is 0 Å². The van der Waals surface area contributed by atoms with E-state index in [-0.39, 0.29) is 6.10 Å². The first-order valence-electron chi connectivity index (χ1n) is 3.74. The van der Waals surface area contributed by atoms with Gasteiger partial charge in [-0.25, -0.2) is 4.79 Å². The molecule has 0 radical (unpaired) electrons. The van der Waals surface area contributed by atoms with E-state index in [1.165, 1.54) is 0 Å². The molecule has 0 fully saturated rings. The highest BCUT2D eigenvalue weighted by atomic mass is 16.6. The fourth-order valence-electron chi connectivity index (χ4n) is 0.755. The molecule has 0 spiro atoms. The second-order valence-electron chi connectivity index (χ2n) is 2.39. The van der Waals surface area contributed by atoms with Crippen LogP contribution < -0.4 is 5.73 Å². The van der Waals surface area contributed by atoms with E-state index in [4.69, 9.17) is 10.5 Å². The highest BCUT2D eigenvalue weighted by molar-refractivity contribution is 5.64. The van der Waals surface area contributed by atoms with Crippen molar-refractivity contribution >= 4 is 6.09 Å². The zero-order valence-electron chi connectivity index (χ0n) is 7.04. The van der Waals surface area contributed by atoms with Crippen LogP contribution in [0.1, 0.15) is 26.7 Å². The first-order valence-corrected chi connectivity index (χ1v) is 3.74. The van der Waals surface area contributed by atoms with E-state index < -0.39 is 6.09 Å². The summed E-state index contributed by atoms with van der Waals surface area (Å²) in [6, 6.07) is 0. The third-order valence-electron chi connectivity index (χ3n) is 1.29. The van der Waals surface area contributed by atoms with Crippen molar-refractivity contribution < 1.29 is 9.53 Å². The molecule has 0 rings (SSSR count). The second kappa shape index (κ2) is 5.77. The van der Waals surface area contributed by atoms with Crippen LogP contribution in [0, 0.1) is 0 Å². The molecule has 0 aliphatic carbocycles. The molecule has 1 amide bonds. The van der Waals surface area contributed by atoms with E-state index in [9.17, 15) is 4.79 Å². The van der Waals surface area contributed by atoms with Crippen molar-refractivity contribution in [3.05, 3.63) is 12.2 Å². The first kappa shape index (κ1) is 10.0. The topological polar surface area (TPSA) is 52.3 Å². The quantitative estimate of drug-likeness (QED) is 0.633. The van der Waals surface area contributed by atoms with Gasteiger partial charge in [-0.15, -0.1) is 0 Å². The Kier molecular flexibility index (Phi) is 5.25. The number of amides is 1. The van der Waals surface area contributed by atoms with Crippen LogP contribution >= 0.6 is 0 Å². The molecule has 0 bridgehead atoms. The van der Waals surface area contributed by atoms with Crippen LogP contribution in [0.25, 0.3) is 0 Å². The molecule has 0 aromatic carbocycles. The van der Waals surface area contributed by atoms with Crippen LogP contribution in [0.5, 0.6) is 0 Å². The number of rotatable bonds is 4. The van der Waals surface area contributed by atoms with Gasteiger partial charge in [0.2, 0.25) is 0 Å². The molecule has 3 nitrogen and oxygen atoms in total. The van der Waals surface area contributed by atoms with Gasteiger partial charge < -0.3 is 10.5 Å². The van der Waals surface area contributed by atoms with Crippen LogP contribution in [0.2, 0.25) is 0 Å². The number of hydrogen-bond donors (Lipinski definition) is 1. The highest BCUT2D eigenvalue weighted by Crippen LogP contribution is 2.01. The Balaban J connectivity index is 3.36. The summed E-state index contributed by atoms with van der Waals surface area (Å²) in [7, 11) is 0. The lowest BCUT2D eigenvalue weighted by molar-refractivity contribution is 0.112. The van der Waals surface area contributed by atoms with Crippen LogP contribution in [0.3, 0.4) is 0 Å². The third kappa shape index (κ3) is 6.90. The number of carbonyl (C=O) groups is 1. The minimum Gasteiger partial charge on any atom is -0.447 e. The van der Waals surface area contributed by atoms with Crippen molar-refractivity contribution in [2.75, 3.05) is 0 Å². The molecule has 2 N–H and O–H groups in total. The van der Waals surface area contributed by atoms with Crippen molar-refractivity contribution in [3.63, 3.8) is 0 Å². The summed E-state index contributed by atoms with van der Waals surface area (Å²) < 4.78 is 4.70. The van der Waals surface area contributed by atoms with Gasteiger partial charge in [0.1, 0.15) is 6.10 Å². The van der Waals surface area contributed by atoms with E-state index in [0.29, 0.717) is 0 Å². The lowest BCUT2D eigenvalue weighted by Crippen LogP contribution is -2.19.